The summed E-state index contributed by atoms with van der Waals surface area (Å²) in [5.41, 5.74) is 6.05. The van der Waals surface area contributed by atoms with Crippen LogP contribution < -0.4 is 11.1 Å². The van der Waals surface area contributed by atoms with Crippen LogP contribution in [-0.4, -0.2) is 31.2 Å². The Bertz CT molecular complexity index is 577. The van der Waals surface area contributed by atoms with Gasteiger partial charge in [0.1, 0.15) is 5.82 Å². The molecule has 0 aromatic heterocycles. The quantitative estimate of drug-likeness (QED) is 0.810. The first-order chi connectivity index (χ1) is 10.1. The topological polar surface area (TPSA) is 64.4 Å². The molecule has 2 unspecified atom stereocenters. The number of nitrogens with two attached hydrogens (primary N) is 1. The van der Waals surface area contributed by atoms with E-state index >= 15 is 0 Å². The molecule has 1 fully saturated rings. The van der Waals surface area contributed by atoms with Crippen LogP contribution in [0.4, 0.5) is 4.39 Å². The SMILES string of the molecule is CC1CC(NC(=O)c2ccc(F)cc2C#CCN)CCO1. The minimum atomic E-state index is -0.424. The molecule has 4 nitrogen and oxygen atoms in total. The summed E-state index contributed by atoms with van der Waals surface area (Å²) >= 11 is 0. The zero-order valence-corrected chi connectivity index (χ0v) is 12.0. The zero-order chi connectivity index (χ0) is 15.2. The van der Waals surface area contributed by atoms with Crippen molar-refractivity contribution in [1.82, 2.24) is 5.32 Å². The Morgan fingerprint density at radius 3 is 3.10 bits per heavy atom. The van der Waals surface area contributed by atoms with Crippen molar-refractivity contribution in [2.45, 2.75) is 31.9 Å². The molecule has 3 N–H and O–H groups in total. The van der Waals surface area contributed by atoms with Crippen molar-refractivity contribution in [3.05, 3.63) is 35.1 Å². The number of amides is 1. The van der Waals surface area contributed by atoms with Crippen molar-refractivity contribution in [2.24, 2.45) is 5.73 Å². The van der Waals surface area contributed by atoms with Crippen LogP contribution in [-0.2, 0) is 4.74 Å². The maximum atomic E-state index is 13.3. The molecule has 5 heteroatoms. The van der Waals surface area contributed by atoms with Gasteiger partial charge < -0.3 is 15.8 Å². The molecule has 0 aliphatic carbocycles. The molecule has 1 saturated heterocycles. The van der Waals surface area contributed by atoms with Crippen LogP contribution in [0.2, 0.25) is 0 Å². The Morgan fingerprint density at radius 1 is 1.57 bits per heavy atom. The predicted molar refractivity (Wildman–Crippen MR) is 78.2 cm³/mol. The first kappa shape index (κ1) is 15.5. The van der Waals surface area contributed by atoms with E-state index in [1.165, 1.54) is 18.2 Å². The summed E-state index contributed by atoms with van der Waals surface area (Å²) in [6, 6.07) is 4.04. The molecule has 112 valence electrons. The molecule has 1 amide bonds. The number of halogens is 1. The number of rotatable bonds is 2. The van der Waals surface area contributed by atoms with Crippen LogP contribution in [0.15, 0.2) is 18.2 Å². The van der Waals surface area contributed by atoms with Crippen LogP contribution in [0.1, 0.15) is 35.7 Å². The highest BCUT2D eigenvalue weighted by Crippen LogP contribution is 2.15. The zero-order valence-electron chi connectivity index (χ0n) is 12.0. The van der Waals surface area contributed by atoms with E-state index in [-0.39, 0.29) is 24.6 Å². The highest BCUT2D eigenvalue weighted by molar-refractivity contribution is 5.96. The average Bonchev–Trinajstić information content (AvgIpc) is 2.45. The molecule has 2 rings (SSSR count). The average molecular weight is 290 g/mol. The Balaban J connectivity index is 2.14. The van der Waals surface area contributed by atoms with E-state index < -0.39 is 5.82 Å². The summed E-state index contributed by atoms with van der Waals surface area (Å²) in [6.07, 6.45) is 1.69. The van der Waals surface area contributed by atoms with E-state index in [2.05, 4.69) is 17.2 Å². The molecule has 1 aromatic rings. The lowest BCUT2D eigenvalue weighted by atomic mass is 10.0. The number of carbonyl (C=O) groups excluding carboxylic acids is 1. The summed E-state index contributed by atoms with van der Waals surface area (Å²) < 4.78 is 18.8. The smallest absolute Gasteiger partial charge is 0.252 e. The normalized spacial score (nSPS) is 21.3. The third kappa shape index (κ3) is 4.28. The Hall–Kier alpha value is -1.90. The van der Waals surface area contributed by atoms with Crippen LogP contribution >= 0.6 is 0 Å². The number of benzene rings is 1. The van der Waals surface area contributed by atoms with Crippen molar-refractivity contribution in [1.29, 1.82) is 0 Å². The molecule has 1 heterocycles. The molecule has 0 spiro atoms. The van der Waals surface area contributed by atoms with Gasteiger partial charge >= 0.3 is 0 Å². The van der Waals surface area contributed by atoms with E-state index in [0.29, 0.717) is 17.7 Å². The molecular formula is C16H19FN2O2. The fourth-order valence-electron chi connectivity index (χ4n) is 2.36. The molecule has 0 radical (unpaired) electrons. The van der Waals surface area contributed by atoms with Crippen LogP contribution in [0.5, 0.6) is 0 Å². The fraction of sp³-hybridized carbons (Fsp3) is 0.438. The third-order valence-electron chi connectivity index (χ3n) is 3.37. The second kappa shape index (κ2) is 7.21. The summed E-state index contributed by atoms with van der Waals surface area (Å²) in [5, 5.41) is 2.96. The second-order valence-corrected chi connectivity index (χ2v) is 5.07. The van der Waals surface area contributed by atoms with Gasteiger partial charge in [-0.3, -0.25) is 4.79 Å². The maximum Gasteiger partial charge on any atom is 0.252 e. The summed E-state index contributed by atoms with van der Waals surface area (Å²) in [5.74, 6) is 4.73. The summed E-state index contributed by atoms with van der Waals surface area (Å²) in [6.45, 7) is 2.78. The van der Waals surface area contributed by atoms with Gasteiger partial charge in [-0.1, -0.05) is 11.8 Å². The minimum absolute atomic E-state index is 0.0709. The molecule has 21 heavy (non-hydrogen) atoms. The van der Waals surface area contributed by atoms with E-state index in [1.807, 2.05) is 6.92 Å². The van der Waals surface area contributed by atoms with Gasteiger partial charge in [-0.05, 0) is 38.0 Å². The van der Waals surface area contributed by atoms with Crippen LogP contribution in [0.25, 0.3) is 0 Å². The Kier molecular flexibility index (Phi) is 5.32. The van der Waals surface area contributed by atoms with Crippen molar-refractivity contribution < 1.29 is 13.9 Å². The maximum absolute atomic E-state index is 13.3. The molecule has 1 aliphatic rings. The first-order valence-electron chi connectivity index (χ1n) is 7.01. The van der Waals surface area contributed by atoms with Gasteiger partial charge in [0.25, 0.3) is 5.91 Å². The van der Waals surface area contributed by atoms with Crippen molar-refractivity contribution >= 4 is 5.91 Å². The standard InChI is InChI=1S/C16H19FN2O2/c1-11-9-14(6-8-21-11)19-16(20)15-5-4-13(17)10-12(15)3-2-7-18/h4-5,10-11,14H,6-9,18H2,1H3,(H,19,20). The lowest BCUT2D eigenvalue weighted by Gasteiger charge is -2.28. The summed E-state index contributed by atoms with van der Waals surface area (Å²) in [4.78, 5) is 12.3. The van der Waals surface area contributed by atoms with E-state index in [1.54, 1.807) is 0 Å². The van der Waals surface area contributed by atoms with Gasteiger partial charge in [0.15, 0.2) is 0 Å². The van der Waals surface area contributed by atoms with Gasteiger partial charge in [-0.2, -0.15) is 0 Å². The molecule has 0 saturated carbocycles. The Labute approximate surface area is 123 Å². The first-order valence-corrected chi connectivity index (χ1v) is 7.01. The number of ether oxygens (including phenoxy) is 1. The van der Waals surface area contributed by atoms with Gasteiger partial charge in [0.05, 0.1) is 18.2 Å². The number of hydrogen-bond acceptors (Lipinski definition) is 3. The van der Waals surface area contributed by atoms with E-state index in [4.69, 9.17) is 10.5 Å². The number of hydrogen-bond donors (Lipinski definition) is 2. The van der Waals surface area contributed by atoms with E-state index in [0.717, 1.165) is 12.8 Å². The van der Waals surface area contributed by atoms with Crippen LogP contribution in [0.3, 0.4) is 0 Å². The molecule has 2 atom stereocenters. The third-order valence-corrected chi connectivity index (χ3v) is 3.37. The lowest BCUT2D eigenvalue weighted by Crippen LogP contribution is -2.41. The van der Waals surface area contributed by atoms with E-state index in [9.17, 15) is 9.18 Å². The van der Waals surface area contributed by atoms with Crippen molar-refractivity contribution in [2.75, 3.05) is 13.2 Å². The molecule has 1 aliphatic heterocycles. The van der Waals surface area contributed by atoms with Crippen LogP contribution in [0, 0.1) is 17.7 Å². The van der Waals surface area contributed by atoms with Crippen molar-refractivity contribution in [3.8, 4) is 11.8 Å². The lowest BCUT2D eigenvalue weighted by molar-refractivity contribution is 0.0136. The summed E-state index contributed by atoms with van der Waals surface area (Å²) in [7, 11) is 0. The number of nitrogens with one attached hydrogen (secondary N) is 1. The predicted octanol–water partition coefficient (Wildman–Crippen LogP) is 1.43. The molecular weight excluding hydrogens is 271 g/mol. The van der Waals surface area contributed by atoms with Gasteiger partial charge in [-0.25, -0.2) is 4.39 Å². The number of carbonyl (C=O) groups is 1. The Morgan fingerprint density at radius 2 is 2.38 bits per heavy atom. The van der Waals surface area contributed by atoms with Gasteiger partial charge in [0.2, 0.25) is 0 Å². The van der Waals surface area contributed by atoms with Crippen molar-refractivity contribution in [3.63, 3.8) is 0 Å². The fourth-order valence-corrected chi connectivity index (χ4v) is 2.36. The molecule has 0 bridgehead atoms. The highest BCUT2D eigenvalue weighted by Gasteiger charge is 2.22. The second-order valence-electron chi connectivity index (χ2n) is 5.07. The van der Waals surface area contributed by atoms with Gasteiger partial charge in [-0.15, -0.1) is 0 Å². The largest absolute Gasteiger partial charge is 0.378 e. The highest BCUT2D eigenvalue weighted by atomic mass is 19.1. The minimum Gasteiger partial charge on any atom is -0.378 e. The van der Waals surface area contributed by atoms with Gasteiger partial charge in [0, 0.05) is 18.2 Å². The monoisotopic (exact) mass is 290 g/mol. The molecule has 1 aromatic carbocycles.